The first-order valence-corrected chi connectivity index (χ1v) is 2.98. The summed E-state index contributed by atoms with van der Waals surface area (Å²) in [5, 5.41) is 8.22. The van der Waals surface area contributed by atoms with E-state index >= 15 is 0 Å². The van der Waals surface area contributed by atoms with Gasteiger partial charge in [0.15, 0.2) is 5.95 Å². The minimum atomic E-state index is -0.706. The molecular weight excluding hydrogens is 147 g/mol. The SMILES string of the molecule is N#CCc1cc(F)[nH]c(=O)c1. The Morgan fingerprint density at radius 1 is 1.64 bits per heavy atom. The number of H-pyrrole nitrogens is 1. The summed E-state index contributed by atoms with van der Waals surface area (Å²) in [6.45, 7) is 0. The van der Waals surface area contributed by atoms with Gasteiger partial charge in [-0.25, -0.2) is 0 Å². The minimum Gasteiger partial charge on any atom is -0.299 e. The van der Waals surface area contributed by atoms with E-state index in [0.717, 1.165) is 6.07 Å². The minimum absolute atomic E-state index is 0.0564. The topological polar surface area (TPSA) is 56.6 Å². The summed E-state index contributed by atoms with van der Waals surface area (Å²) in [6.07, 6.45) is 0.0564. The Balaban J connectivity index is 3.11. The average molecular weight is 152 g/mol. The van der Waals surface area contributed by atoms with Crippen molar-refractivity contribution in [3.05, 3.63) is 34.0 Å². The summed E-state index contributed by atoms with van der Waals surface area (Å²) < 4.78 is 12.4. The van der Waals surface area contributed by atoms with Gasteiger partial charge in [0.25, 0.3) is 0 Å². The standard InChI is InChI=1S/C7H5FN2O/c8-6-3-5(1-2-9)4-7(11)10-6/h3-4H,1H2,(H,10,11). The first-order chi connectivity index (χ1) is 5.22. The van der Waals surface area contributed by atoms with E-state index in [1.807, 2.05) is 11.1 Å². The number of rotatable bonds is 1. The van der Waals surface area contributed by atoms with E-state index in [1.165, 1.54) is 6.07 Å². The Morgan fingerprint density at radius 2 is 2.36 bits per heavy atom. The first kappa shape index (κ1) is 7.48. The lowest BCUT2D eigenvalue weighted by Crippen LogP contribution is -2.07. The van der Waals surface area contributed by atoms with Crippen LogP contribution in [0.2, 0.25) is 0 Å². The van der Waals surface area contributed by atoms with Crippen LogP contribution in [0.4, 0.5) is 4.39 Å². The molecule has 0 fully saturated rings. The summed E-state index contributed by atoms with van der Waals surface area (Å²) in [6, 6.07) is 4.15. The molecule has 1 aromatic heterocycles. The Bertz CT molecular complexity index is 350. The lowest BCUT2D eigenvalue weighted by atomic mass is 10.2. The molecule has 0 aromatic carbocycles. The van der Waals surface area contributed by atoms with Gasteiger partial charge in [0.2, 0.25) is 5.56 Å². The number of halogens is 1. The van der Waals surface area contributed by atoms with Gasteiger partial charge in [-0.05, 0) is 11.6 Å². The normalized spacial score (nSPS) is 9.09. The van der Waals surface area contributed by atoms with Crippen LogP contribution in [0, 0.1) is 17.3 Å². The molecule has 0 aliphatic heterocycles. The van der Waals surface area contributed by atoms with Crippen molar-refractivity contribution in [1.82, 2.24) is 4.98 Å². The molecule has 0 spiro atoms. The molecular formula is C7H5FN2O. The molecule has 1 N–H and O–H groups in total. The number of nitrogens with one attached hydrogen (secondary N) is 1. The second-order valence-corrected chi connectivity index (χ2v) is 2.04. The summed E-state index contributed by atoms with van der Waals surface area (Å²) >= 11 is 0. The number of nitriles is 1. The van der Waals surface area contributed by atoms with Gasteiger partial charge in [-0.1, -0.05) is 0 Å². The van der Waals surface area contributed by atoms with Crippen molar-refractivity contribution >= 4 is 0 Å². The highest BCUT2D eigenvalue weighted by Crippen LogP contribution is 1.96. The largest absolute Gasteiger partial charge is 0.299 e. The van der Waals surface area contributed by atoms with Crippen molar-refractivity contribution in [3.8, 4) is 6.07 Å². The molecule has 1 rings (SSSR count). The molecule has 1 aromatic rings. The van der Waals surface area contributed by atoms with Crippen molar-refractivity contribution < 1.29 is 4.39 Å². The lowest BCUT2D eigenvalue weighted by molar-refractivity contribution is 0.577. The van der Waals surface area contributed by atoms with Gasteiger partial charge in [0, 0.05) is 6.07 Å². The first-order valence-electron chi connectivity index (χ1n) is 2.98. The van der Waals surface area contributed by atoms with E-state index in [1.54, 1.807) is 0 Å². The number of nitrogens with zero attached hydrogens (tertiary/aromatic N) is 1. The molecule has 0 aliphatic rings. The molecule has 3 nitrogen and oxygen atoms in total. The zero-order valence-electron chi connectivity index (χ0n) is 5.60. The van der Waals surface area contributed by atoms with Gasteiger partial charge in [-0.2, -0.15) is 9.65 Å². The molecule has 0 amide bonds. The molecule has 0 radical (unpaired) electrons. The third-order valence-corrected chi connectivity index (χ3v) is 1.15. The van der Waals surface area contributed by atoms with Crippen LogP contribution in [0.25, 0.3) is 0 Å². The molecule has 1 heterocycles. The average Bonchev–Trinajstić information content (AvgIpc) is 1.85. The molecule has 0 saturated carbocycles. The van der Waals surface area contributed by atoms with Gasteiger partial charge < -0.3 is 0 Å². The van der Waals surface area contributed by atoms with E-state index in [2.05, 4.69) is 0 Å². The molecule has 0 saturated heterocycles. The Kier molecular flexibility index (Phi) is 2.02. The number of aromatic amines is 1. The van der Waals surface area contributed by atoms with Gasteiger partial charge >= 0.3 is 0 Å². The number of hydrogen-bond acceptors (Lipinski definition) is 2. The van der Waals surface area contributed by atoms with E-state index in [-0.39, 0.29) is 6.42 Å². The highest BCUT2D eigenvalue weighted by molar-refractivity contribution is 5.14. The summed E-state index contributed by atoms with van der Waals surface area (Å²) in [7, 11) is 0. The van der Waals surface area contributed by atoms with Crippen LogP contribution in [0.1, 0.15) is 5.56 Å². The second-order valence-electron chi connectivity index (χ2n) is 2.04. The maximum Gasteiger partial charge on any atom is 0.250 e. The van der Waals surface area contributed by atoms with Crippen molar-refractivity contribution in [3.63, 3.8) is 0 Å². The monoisotopic (exact) mass is 152 g/mol. The molecule has 0 atom stereocenters. The molecule has 0 bridgehead atoms. The van der Waals surface area contributed by atoms with Crippen LogP contribution in [-0.2, 0) is 6.42 Å². The molecule has 0 unspecified atom stereocenters. The van der Waals surface area contributed by atoms with Crippen LogP contribution in [0.15, 0.2) is 16.9 Å². The fourth-order valence-corrected chi connectivity index (χ4v) is 0.756. The fourth-order valence-electron chi connectivity index (χ4n) is 0.756. The van der Waals surface area contributed by atoms with Crippen LogP contribution >= 0.6 is 0 Å². The van der Waals surface area contributed by atoms with Crippen LogP contribution < -0.4 is 5.56 Å². The maximum atomic E-state index is 12.4. The Morgan fingerprint density at radius 3 is 2.91 bits per heavy atom. The number of pyridine rings is 1. The van der Waals surface area contributed by atoms with E-state index in [4.69, 9.17) is 5.26 Å². The highest BCUT2D eigenvalue weighted by atomic mass is 19.1. The zero-order valence-corrected chi connectivity index (χ0v) is 5.60. The zero-order chi connectivity index (χ0) is 8.27. The maximum absolute atomic E-state index is 12.4. The smallest absolute Gasteiger partial charge is 0.250 e. The van der Waals surface area contributed by atoms with Crippen molar-refractivity contribution in [2.45, 2.75) is 6.42 Å². The predicted octanol–water partition coefficient (Wildman–Crippen LogP) is 0.580. The van der Waals surface area contributed by atoms with Crippen molar-refractivity contribution in [2.24, 2.45) is 0 Å². The van der Waals surface area contributed by atoms with Gasteiger partial charge in [0.1, 0.15) is 0 Å². The third kappa shape index (κ3) is 1.90. The lowest BCUT2D eigenvalue weighted by Gasteiger charge is -1.91. The van der Waals surface area contributed by atoms with Gasteiger partial charge in [0.05, 0.1) is 12.5 Å². The van der Waals surface area contributed by atoms with Gasteiger partial charge in [-0.15, -0.1) is 0 Å². The van der Waals surface area contributed by atoms with Crippen molar-refractivity contribution in [1.29, 1.82) is 5.26 Å². The molecule has 11 heavy (non-hydrogen) atoms. The van der Waals surface area contributed by atoms with E-state index < -0.39 is 11.5 Å². The van der Waals surface area contributed by atoms with Crippen molar-refractivity contribution in [2.75, 3.05) is 0 Å². The molecule has 56 valence electrons. The number of aromatic nitrogens is 1. The second kappa shape index (κ2) is 2.97. The van der Waals surface area contributed by atoms with Crippen LogP contribution in [0.5, 0.6) is 0 Å². The summed E-state index contributed by atoms with van der Waals surface area (Å²) in [5.41, 5.74) is -0.121. The highest BCUT2D eigenvalue weighted by Gasteiger charge is 1.96. The van der Waals surface area contributed by atoms with E-state index in [0.29, 0.717) is 5.56 Å². The van der Waals surface area contributed by atoms with Crippen LogP contribution in [0.3, 0.4) is 0 Å². The summed E-state index contributed by atoms with van der Waals surface area (Å²) in [5.74, 6) is -0.706. The third-order valence-electron chi connectivity index (χ3n) is 1.15. The van der Waals surface area contributed by atoms with Gasteiger partial charge in [-0.3, -0.25) is 9.78 Å². The molecule has 4 heteroatoms. The predicted molar refractivity (Wildman–Crippen MR) is 36.3 cm³/mol. The molecule has 0 aliphatic carbocycles. The summed E-state index contributed by atoms with van der Waals surface area (Å²) in [4.78, 5) is 12.5. The number of hydrogen-bond donors (Lipinski definition) is 1. The Labute approximate surface area is 62.1 Å². The quantitative estimate of drug-likeness (QED) is 0.598. The van der Waals surface area contributed by atoms with Crippen LogP contribution in [-0.4, -0.2) is 4.98 Å². The fraction of sp³-hybridized carbons (Fsp3) is 0.143. The van der Waals surface area contributed by atoms with E-state index in [9.17, 15) is 9.18 Å². The Hall–Kier alpha value is -1.63.